The molecule has 19 heteroatoms. The standard InChI is InChI=1S/C77H143NO18/c1-3-5-7-9-11-13-15-17-19-21-23-24-25-26-27-28-29-30-31-32-33-34-35-37-38-40-42-44-46-48-50-52-54-61(82)60(78-65(83)55-53-51-49-47-45-43-41-39-36-22-20-18-16-14-12-10-8-6-4-2)59-91-75-71(89)68(86)73(63(57-80)93-75)96-77-72(90)69(87)74(64(58-81)94-77)95-76-70(88)67(85)66(84)62(56-79)92-76/h12,14,18,20,36,39,60-64,66-77,79-82,84-90H,3-11,13,15-17,19,21-35,37-38,40-59H2,1-2H3,(H,78,83)/b14-12-,20-18-,39-36-. The van der Waals surface area contributed by atoms with Crippen LogP contribution >= 0.6 is 0 Å². The molecule has 0 bridgehead atoms. The zero-order valence-electron chi connectivity index (χ0n) is 60.1. The van der Waals surface area contributed by atoms with Crippen molar-refractivity contribution in [2.45, 2.75) is 420 Å². The second kappa shape index (κ2) is 58.5. The van der Waals surface area contributed by atoms with Crippen LogP contribution in [0.3, 0.4) is 0 Å². The van der Waals surface area contributed by atoms with Gasteiger partial charge in [0, 0.05) is 6.42 Å². The molecule has 564 valence electrons. The first-order valence-corrected chi connectivity index (χ1v) is 39.2. The molecule has 3 rings (SSSR count). The molecule has 3 heterocycles. The second-order valence-electron chi connectivity index (χ2n) is 28.2. The number of aliphatic hydroxyl groups excluding tert-OH is 11. The molecule has 0 spiro atoms. The molecule has 19 nitrogen and oxygen atoms in total. The topological polar surface area (TPSA) is 307 Å². The molecule has 17 unspecified atom stereocenters. The van der Waals surface area contributed by atoms with E-state index in [1.54, 1.807) is 0 Å². The molecule has 1 amide bonds. The zero-order chi connectivity index (χ0) is 69.6. The largest absolute Gasteiger partial charge is 0.394 e. The lowest BCUT2D eigenvalue weighted by molar-refractivity contribution is -0.379. The fourth-order valence-electron chi connectivity index (χ4n) is 13.4. The predicted octanol–water partition coefficient (Wildman–Crippen LogP) is 12.3. The molecule has 96 heavy (non-hydrogen) atoms. The summed E-state index contributed by atoms with van der Waals surface area (Å²) in [5.41, 5.74) is 0. The SMILES string of the molecule is CCCCC/C=C\C/C=C\C/C=C\CCCCCCCCC(=O)NC(COC1OC(CO)C(OC2OC(CO)C(OC3OC(CO)C(O)C(O)C3O)C(O)C2O)C(O)C1O)C(O)CCCCCCCCCCCCCCCCCCCCCCCCCCCCCCCCCC. The molecule has 0 radical (unpaired) electrons. The van der Waals surface area contributed by atoms with Gasteiger partial charge in [-0.2, -0.15) is 0 Å². The van der Waals surface area contributed by atoms with Crippen LogP contribution in [0.25, 0.3) is 0 Å². The summed E-state index contributed by atoms with van der Waals surface area (Å²) >= 11 is 0. The van der Waals surface area contributed by atoms with Crippen LogP contribution in [0.2, 0.25) is 0 Å². The Labute approximate surface area is 581 Å². The predicted molar refractivity (Wildman–Crippen MR) is 379 cm³/mol. The third-order valence-electron chi connectivity index (χ3n) is 19.7. The minimum atomic E-state index is -1.97. The van der Waals surface area contributed by atoms with Gasteiger partial charge >= 0.3 is 0 Å². The van der Waals surface area contributed by atoms with Crippen molar-refractivity contribution < 1.29 is 89.4 Å². The number of ether oxygens (including phenoxy) is 6. The molecule has 0 saturated carbocycles. The van der Waals surface area contributed by atoms with Crippen molar-refractivity contribution >= 4 is 5.91 Å². The van der Waals surface area contributed by atoms with Crippen molar-refractivity contribution in [2.24, 2.45) is 0 Å². The van der Waals surface area contributed by atoms with Crippen molar-refractivity contribution in [2.75, 3.05) is 26.4 Å². The molecule has 17 atom stereocenters. The number of hydrogen-bond donors (Lipinski definition) is 12. The van der Waals surface area contributed by atoms with Gasteiger partial charge in [0.05, 0.1) is 38.6 Å². The average molecular weight is 1370 g/mol. The Morgan fingerprint density at radius 2 is 0.688 bits per heavy atom. The molecule has 12 N–H and O–H groups in total. The summed E-state index contributed by atoms with van der Waals surface area (Å²) in [6.45, 7) is 1.80. The average Bonchev–Trinajstić information content (AvgIpc) is 0.798. The van der Waals surface area contributed by atoms with Gasteiger partial charge in [0.2, 0.25) is 5.91 Å². The van der Waals surface area contributed by atoms with Crippen LogP contribution < -0.4 is 5.32 Å². The van der Waals surface area contributed by atoms with E-state index < -0.39 is 124 Å². The number of carbonyl (C=O) groups excluding carboxylic acids is 1. The monoisotopic (exact) mass is 1370 g/mol. The minimum absolute atomic E-state index is 0.252. The zero-order valence-corrected chi connectivity index (χ0v) is 60.1. The highest BCUT2D eigenvalue weighted by atomic mass is 16.8. The molecular formula is C77H143NO18. The maximum absolute atomic E-state index is 13.5. The summed E-state index contributed by atoms with van der Waals surface area (Å²) in [6.07, 6.45) is 43.8. The van der Waals surface area contributed by atoms with Gasteiger partial charge in [0.15, 0.2) is 18.9 Å². The Morgan fingerprint density at radius 3 is 1.09 bits per heavy atom. The molecule has 3 aliphatic heterocycles. The highest BCUT2D eigenvalue weighted by molar-refractivity contribution is 5.76. The van der Waals surface area contributed by atoms with E-state index in [2.05, 4.69) is 55.6 Å². The summed E-state index contributed by atoms with van der Waals surface area (Å²) in [6, 6.07) is -0.896. The van der Waals surface area contributed by atoms with Crippen molar-refractivity contribution in [3.63, 3.8) is 0 Å². The van der Waals surface area contributed by atoms with Crippen LogP contribution in [0.5, 0.6) is 0 Å². The van der Waals surface area contributed by atoms with Gasteiger partial charge in [-0.15, -0.1) is 0 Å². The lowest BCUT2D eigenvalue weighted by atomic mass is 9.96. The molecular weight excluding hydrogens is 1230 g/mol. The first kappa shape index (κ1) is 88.2. The highest BCUT2D eigenvalue weighted by Gasteiger charge is 2.54. The lowest BCUT2D eigenvalue weighted by Crippen LogP contribution is -2.66. The molecule has 0 aliphatic carbocycles. The van der Waals surface area contributed by atoms with Gasteiger partial charge in [0.25, 0.3) is 0 Å². The highest BCUT2D eigenvalue weighted by Crippen LogP contribution is 2.33. The number of rotatable bonds is 62. The van der Waals surface area contributed by atoms with E-state index in [1.165, 1.54) is 199 Å². The van der Waals surface area contributed by atoms with Crippen LogP contribution in [0, 0.1) is 0 Å². The van der Waals surface area contributed by atoms with Gasteiger partial charge in [-0.1, -0.05) is 294 Å². The Morgan fingerprint density at radius 1 is 0.375 bits per heavy atom. The van der Waals surface area contributed by atoms with E-state index in [1.807, 2.05) is 0 Å². The molecule has 3 fully saturated rings. The van der Waals surface area contributed by atoms with E-state index in [-0.39, 0.29) is 18.9 Å². The van der Waals surface area contributed by atoms with Crippen molar-refractivity contribution in [1.82, 2.24) is 5.32 Å². The Bertz CT molecular complexity index is 1880. The first-order chi connectivity index (χ1) is 46.8. The molecule has 3 aliphatic rings. The van der Waals surface area contributed by atoms with Gasteiger partial charge in [-0.3, -0.25) is 4.79 Å². The molecule has 0 aromatic carbocycles. The molecule has 0 aromatic rings. The fraction of sp³-hybridized carbons (Fsp3) is 0.909. The molecule has 3 saturated heterocycles. The number of amides is 1. The Hall–Kier alpha value is -1.99. The van der Waals surface area contributed by atoms with Crippen molar-refractivity contribution in [3.8, 4) is 0 Å². The number of nitrogens with one attached hydrogen (secondary N) is 1. The summed E-state index contributed by atoms with van der Waals surface area (Å²) < 4.78 is 34.5. The van der Waals surface area contributed by atoms with Crippen LogP contribution in [0.4, 0.5) is 0 Å². The third kappa shape index (κ3) is 38.9. The summed E-state index contributed by atoms with van der Waals surface area (Å²) in [5, 5.41) is 121. The van der Waals surface area contributed by atoms with Crippen LogP contribution in [-0.2, 0) is 33.2 Å². The van der Waals surface area contributed by atoms with E-state index in [4.69, 9.17) is 28.4 Å². The van der Waals surface area contributed by atoms with E-state index in [9.17, 15) is 61.0 Å². The van der Waals surface area contributed by atoms with E-state index in [0.717, 1.165) is 83.5 Å². The van der Waals surface area contributed by atoms with Gasteiger partial charge in [-0.25, -0.2) is 0 Å². The van der Waals surface area contributed by atoms with E-state index >= 15 is 0 Å². The van der Waals surface area contributed by atoms with Gasteiger partial charge in [0.1, 0.15) is 73.2 Å². The minimum Gasteiger partial charge on any atom is -0.394 e. The smallest absolute Gasteiger partial charge is 0.220 e. The van der Waals surface area contributed by atoms with Gasteiger partial charge < -0.3 is 89.9 Å². The Kier molecular flexibility index (Phi) is 53.8. The Balaban J connectivity index is 1.36. The summed E-state index contributed by atoms with van der Waals surface area (Å²) in [4.78, 5) is 13.5. The maximum atomic E-state index is 13.5. The normalized spacial score (nSPS) is 27.2. The van der Waals surface area contributed by atoms with Gasteiger partial charge in [-0.05, 0) is 51.4 Å². The van der Waals surface area contributed by atoms with Crippen molar-refractivity contribution in [3.05, 3.63) is 36.5 Å². The van der Waals surface area contributed by atoms with Crippen molar-refractivity contribution in [1.29, 1.82) is 0 Å². The van der Waals surface area contributed by atoms with Crippen LogP contribution in [-0.4, -0.2) is 193 Å². The second-order valence-corrected chi connectivity index (χ2v) is 28.2. The third-order valence-corrected chi connectivity index (χ3v) is 19.7. The number of aliphatic hydroxyl groups is 11. The van der Waals surface area contributed by atoms with Crippen LogP contribution in [0.1, 0.15) is 316 Å². The number of allylic oxidation sites excluding steroid dienone is 6. The van der Waals surface area contributed by atoms with E-state index in [0.29, 0.717) is 12.8 Å². The maximum Gasteiger partial charge on any atom is 0.220 e. The lowest BCUT2D eigenvalue weighted by Gasteiger charge is -2.48. The van der Waals surface area contributed by atoms with Crippen LogP contribution in [0.15, 0.2) is 36.5 Å². The summed E-state index contributed by atoms with van der Waals surface area (Å²) in [5.74, 6) is -0.252. The molecule has 0 aromatic heterocycles. The quantitative estimate of drug-likeness (QED) is 0.0199. The fourth-order valence-corrected chi connectivity index (χ4v) is 13.4. The summed E-state index contributed by atoms with van der Waals surface area (Å²) in [7, 11) is 0. The number of unbranched alkanes of at least 4 members (excludes halogenated alkanes) is 40. The number of carbonyl (C=O) groups is 1. The number of hydrogen-bond acceptors (Lipinski definition) is 18. The first-order valence-electron chi connectivity index (χ1n) is 39.2.